The van der Waals surface area contributed by atoms with E-state index in [1.54, 1.807) is 26.2 Å². The molecular weight excluding hydrogens is 262 g/mol. The lowest BCUT2D eigenvalue weighted by atomic mass is 9.91. The van der Waals surface area contributed by atoms with E-state index >= 15 is 0 Å². The molecule has 1 aromatic carbocycles. The summed E-state index contributed by atoms with van der Waals surface area (Å²) in [5.74, 6) is -0.118. The number of phenolic OH excluding ortho intramolecular Hbond substituents is 1. The summed E-state index contributed by atoms with van der Waals surface area (Å²) in [6.07, 6.45) is 0. The minimum Gasteiger partial charge on any atom is -0.504 e. The van der Waals surface area contributed by atoms with Gasteiger partial charge in [-0.2, -0.15) is 0 Å². The molecule has 0 aliphatic carbocycles. The van der Waals surface area contributed by atoms with Crippen molar-refractivity contribution in [2.45, 2.75) is 12.5 Å². The average Bonchev–Trinajstić information content (AvgIpc) is 2.46. The van der Waals surface area contributed by atoms with Gasteiger partial charge in [0.15, 0.2) is 11.5 Å². The van der Waals surface area contributed by atoms with Crippen LogP contribution < -0.4 is 10.1 Å². The Morgan fingerprint density at radius 2 is 2.05 bits per heavy atom. The molecule has 1 rings (SSSR count). The van der Waals surface area contributed by atoms with E-state index in [9.17, 15) is 9.90 Å². The third-order valence-corrected chi connectivity index (χ3v) is 3.14. The van der Waals surface area contributed by atoms with Gasteiger partial charge in [0.05, 0.1) is 20.8 Å². The number of esters is 1. The van der Waals surface area contributed by atoms with Gasteiger partial charge in [0, 0.05) is 13.7 Å². The highest BCUT2D eigenvalue weighted by atomic mass is 16.5. The van der Waals surface area contributed by atoms with Gasteiger partial charge in [0.2, 0.25) is 0 Å². The van der Waals surface area contributed by atoms with E-state index in [0.29, 0.717) is 24.5 Å². The monoisotopic (exact) mass is 283 g/mol. The maximum atomic E-state index is 12.1. The fourth-order valence-electron chi connectivity index (χ4n) is 1.89. The number of nitrogens with one attached hydrogen (secondary N) is 1. The molecule has 2 N–H and O–H groups in total. The van der Waals surface area contributed by atoms with Crippen LogP contribution in [0.2, 0.25) is 0 Å². The van der Waals surface area contributed by atoms with E-state index < -0.39 is 11.5 Å². The SMILES string of the molecule is COCCNC(C)(C(=O)OC)c1ccc(O)c(OC)c1. The molecule has 0 radical (unpaired) electrons. The van der Waals surface area contributed by atoms with E-state index in [-0.39, 0.29) is 5.75 Å². The Morgan fingerprint density at radius 1 is 1.35 bits per heavy atom. The zero-order chi connectivity index (χ0) is 15.2. The van der Waals surface area contributed by atoms with Crippen LogP contribution in [0.15, 0.2) is 18.2 Å². The van der Waals surface area contributed by atoms with Crippen LogP contribution in [-0.4, -0.2) is 45.6 Å². The molecule has 0 aliphatic heterocycles. The highest BCUT2D eigenvalue weighted by Crippen LogP contribution is 2.32. The topological polar surface area (TPSA) is 77.0 Å². The number of carbonyl (C=O) groups is 1. The van der Waals surface area contributed by atoms with Crippen LogP contribution in [-0.2, 0) is 19.8 Å². The third kappa shape index (κ3) is 3.40. The first-order valence-corrected chi connectivity index (χ1v) is 6.19. The second-order valence-electron chi connectivity index (χ2n) is 4.42. The molecule has 112 valence electrons. The molecule has 6 heteroatoms. The molecule has 20 heavy (non-hydrogen) atoms. The van der Waals surface area contributed by atoms with Crippen LogP contribution in [0.3, 0.4) is 0 Å². The smallest absolute Gasteiger partial charge is 0.330 e. The number of phenols is 1. The quantitative estimate of drug-likeness (QED) is 0.575. The molecule has 1 aromatic rings. The molecule has 0 fully saturated rings. The molecule has 1 unspecified atom stereocenters. The largest absolute Gasteiger partial charge is 0.504 e. The van der Waals surface area contributed by atoms with Gasteiger partial charge < -0.3 is 19.3 Å². The molecule has 6 nitrogen and oxygen atoms in total. The van der Waals surface area contributed by atoms with Gasteiger partial charge >= 0.3 is 5.97 Å². The van der Waals surface area contributed by atoms with E-state index in [0.717, 1.165) is 0 Å². The van der Waals surface area contributed by atoms with Crippen LogP contribution in [0.1, 0.15) is 12.5 Å². The van der Waals surface area contributed by atoms with Crippen molar-refractivity contribution in [3.8, 4) is 11.5 Å². The zero-order valence-electron chi connectivity index (χ0n) is 12.2. The summed E-state index contributed by atoms with van der Waals surface area (Å²) >= 11 is 0. The van der Waals surface area contributed by atoms with Crippen molar-refractivity contribution in [3.63, 3.8) is 0 Å². The molecule has 0 aliphatic rings. The van der Waals surface area contributed by atoms with Crippen LogP contribution in [0, 0.1) is 0 Å². The normalized spacial score (nSPS) is 13.6. The Hall–Kier alpha value is -1.79. The second-order valence-corrected chi connectivity index (χ2v) is 4.42. The predicted octanol–water partition coefficient (Wildman–Crippen LogP) is 1.02. The Bertz CT molecular complexity index is 463. The average molecular weight is 283 g/mol. The Morgan fingerprint density at radius 3 is 2.60 bits per heavy atom. The van der Waals surface area contributed by atoms with Gasteiger partial charge in [0.1, 0.15) is 5.54 Å². The van der Waals surface area contributed by atoms with Crippen LogP contribution in [0.4, 0.5) is 0 Å². The maximum Gasteiger partial charge on any atom is 0.330 e. The van der Waals surface area contributed by atoms with Crippen molar-refractivity contribution in [1.82, 2.24) is 5.32 Å². The van der Waals surface area contributed by atoms with E-state index in [1.807, 2.05) is 0 Å². The van der Waals surface area contributed by atoms with Crippen molar-refractivity contribution in [1.29, 1.82) is 0 Å². The number of benzene rings is 1. The Balaban J connectivity index is 3.12. The number of hydrogen-bond acceptors (Lipinski definition) is 6. The summed E-state index contributed by atoms with van der Waals surface area (Å²) in [4.78, 5) is 12.1. The van der Waals surface area contributed by atoms with Gasteiger partial charge in [-0.15, -0.1) is 0 Å². The van der Waals surface area contributed by atoms with Crippen molar-refractivity contribution in [2.75, 3.05) is 34.5 Å². The number of ether oxygens (including phenoxy) is 3. The van der Waals surface area contributed by atoms with E-state index in [2.05, 4.69) is 5.32 Å². The van der Waals surface area contributed by atoms with Gasteiger partial charge in [-0.05, 0) is 24.6 Å². The molecule has 0 amide bonds. The fourth-order valence-corrected chi connectivity index (χ4v) is 1.89. The molecule has 0 saturated heterocycles. The number of methoxy groups -OCH3 is 3. The first-order valence-electron chi connectivity index (χ1n) is 6.19. The molecular formula is C14H21NO5. The van der Waals surface area contributed by atoms with Gasteiger partial charge in [0.25, 0.3) is 0 Å². The number of hydrogen-bond donors (Lipinski definition) is 2. The van der Waals surface area contributed by atoms with E-state index in [4.69, 9.17) is 14.2 Å². The lowest BCUT2D eigenvalue weighted by Crippen LogP contribution is -2.48. The summed E-state index contributed by atoms with van der Waals surface area (Å²) in [6, 6.07) is 4.73. The molecule has 0 heterocycles. The van der Waals surface area contributed by atoms with Crippen LogP contribution in [0.5, 0.6) is 11.5 Å². The molecule has 0 spiro atoms. The lowest BCUT2D eigenvalue weighted by molar-refractivity contribution is -0.148. The first kappa shape index (κ1) is 16.3. The fraction of sp³-hybridized carbons (Fsp3) is 0.500. The summed E-state index contributed by atoms with van der Waals surface area (Å²) in [5, 5.41) is 12.7. The predicted molar refractivity (Wildman–Crippen MR) is 73.9 cm³/mol. The van der Waals surface area contributed by atoms with Crippen molar-refractivity contribution in [2.24, 2.45) is 0 Å². The van der Waals surface area contributed by atoms with Gasteiger partial charge in [-0.3, -0.25) is 5.32 Å². The summed E-state index contributed by atoms with van der Waals surface area (Å²) in [7, 11) is 4.36. The minimum absolute atomic E-state index is 0.0142. The molecule has 1 atom stereocenters. The molecule has 0 saturated carbocycles. The second kappa shape index (κ2) is 7.12. The summed E-state index contributed by atoms with van der Waals surface area (Å²) < 4.78 is 14.9. The zero-order valence-corrected chi connectivity index (χ0v) is 12.2. The highest BCUT2D eigenvalue weighted by Gasteiger charge is 2.36. The van der Waals surface area contributed by atoms with Crippen molar-refractivity contribution in [3.05, 3.63) is 23.8 Å². The molecule has 0 bridgehead atoms. The van der Waals surface area contributed by atoms with Gasteiger partial charge in [-0.1, -0.05) is 6.07 Å². The Labute approximate surface area is 118 Å². The Kier molecular flexibility index (Phi) is 5.79. The maximum absolute atomic E-state index is 12.1. The number of carbonyl (C=O) groups excluding carboxylic acids is 1. The summed E-state index contributed by atoms with van der Waals surface area (Å²) in [6.45, 7) is 2.65. The van der Waals surface area contributed by atoms with Crippen molar-refractivity contribution < 1.29 is 24.1 Å². The van der Waals surface area contributed by atoms with Gasteiger partial charge in [-0.25, -0.2) is 4.79 Å². The van der Waals surface area contributed by atoms with E-state index in [1.165, 1.54) is 20.3 Å². The van der Waals surface area contributed by atoms with Crippen molar-refractivity contribution >= 4 is 5.97 Å². The highest BCUT2D eigenvalue weighted by molar-refractivity contribution is 5.82. The summed E-state index contributed by atoms with van der Waals surface area (Å²) in [5.41, 5.74) is -0.413. The molecule has 0 aromatic heterocycles. The third-order valence-electron chi connectivity index (χ3n) is 3.14. The number of rotatable bonds is 7. The minimum atomic E-state index is -1.05. The number of aromatic hydroxyl groups is 1. The van der Waals surface area contributed by atoms with Crippen LogP contribution in [0.25, 0.3) is 0 Å². The lowest BCUT2D eigenvalue weighted by Gasteiger charge is -2.29. The standard InChI is InChI=1S/C14H21NO5/c1-14(13(17)20-4,15-7-8-18-2)10-5-6-11(16)12(9-10)19-3/h5-6,9,15-16H,7-8H2,1-4H3. The van der Waals surface area contributed by atoms with Crippen LogP contribution >= 0.6 is 0 Å². The first-order chi connectivity index (χ1) is 9.49.